The third kappa shape index (κ3) is 2.52. The van der Waals surface area contributed by atoms with Crippen molar-refractivity contribution in [3.05, 3.63) is 42.0 Å². The third-order valence-corrected chi connectivity index (χ3v) is 4.90. The molecular formula is C13H8N2O2S3. The first-order valence-corrected chi connectivity index (χ1v) is 7.68. The molecule has 20 heavy (non-hydrogen) atoms. The lowest BCUT2D eigenvalue weighted by molar-refractivity contribution is 0.0695. The molecular weight excluding hydrogens is 312 g/mol. The van der Waals surface area contributed by atoms with Crippen LogP contribution in [0.25, 0.3) is 10.8 Å². The lowest BCUT2D eigenvalue weighted by Crippen LogP contribution is -2.00. The topological polar surface area (TPSA) is 63.1 Å². The number of hydrogen-bond donors (Lipinski definition) is 2. The number of rotatable bonds is 3. The molecule has 3 aromatic rings. The maximum Gasteiger partial charge on any atom is 0.337 e. The summed E-state index contributed by atoms with van der Waals surface area (Å²) in [6.45, 7) is 0. The van der Waals surface area contributed by atoms with Crippen molar-refractivity contribution in [2.24, 2.45) is 0 Å². The average Bonchev–Trinajstić information content (AvgIpc) is 2.83. The van der Waals surface area contributed by atoms with Gasteiger partial charge in [-0.3, -0.25) is 0 Å². The molecule has 0 saturated carbocycles. The molecule has 7 heteroatoms. The van der Waals surface area contributed by atoms with E-state index >= 15 is 0 Å². The van der Waals surface area contributed by atoms with Crippen molar-refractivity contribution in [2.45, 2.75) is 13.6 Å². The van der Waals surface area contributed by atoms with Crippen molar-refractivity contribution in [1.29, 1.82) is 0 Å². The molecule has 0 radical (unpaired) electrons. The molecule has 1 heterocycles. The molecule has 100 valence electrons. The van der Waals surface area contributed by atoms with Gasteiger partial charge in [0.05, 0.1) is 5.56 Å². The van der Waals surface area contributed by atoms with Gasteiger partial charge in [-0.2, -0.15) is 0 Å². The molecule has 4 nitrogen and oxygen atoms in total. The van der Waals surface area contributed by atoms with E-state index in [0.717, 1.165) is 10.8 Å². The molecule has 0 aliphatic heterocycles. The third-order valence-electron chi connectivity index (χ3n) is 2.70. The summed E-state index contributed by atoms with van der Waals surface area (Å²) in [4.78, 5) is 12.2. The standard InChI is InChI=1S/C13H8N2O2S3/c16-11(17)10-8-4-2-1-3-7(8)5-6-9(10)19-13-15-14-12(18)20-13/h1-6H,(H,14,18)(H,16,17). The zero-order valence-corrected chi connectivity index (χ0v) is 12.5. The Morgan fingerprint density at radius 1 is 1.20 bits per heavy atom. The Labute approximate surface area is 128 Å². The number of carbonyl (C=O) groups is 1. The van der Waals surface area contributed by atoms with Gasteiger partial charge in [-0.25, -0.2) is 4.79 Å². The van der Waals surface area contributed by atoms with E-state index in [9.17, 15) is 9.90 Å². The number of carboxylic acid groups (broad SMARTS) is 1. The van der Waals surface area contributed by atoms with Gasteiger partial charge < -0.3 is 5.11 Å². The van der Waals surface area contributed by atoms with Gasteiger partial charge >= 0.3 is 5.97 Å². The molecule has 1 aromatic heterocycles. The number of thiol groups is 1. The molecule has 0 aliphatic rings. The van der Waals surface area contributed by atoms with Crippen LogP contribution >= 0.6 is 35.7 Å². The molecule has 0 spiro atoms. The Bertz CT molecular complexity index is 801. The summed E-state index contributed by atoms with van der Waals surface area (Å²) in [5, 5.41) is 18.9. The van der Waals surface area contributed by atoms with Gasteiger partial charge in [0.2, 0.25) is 0 Å². The molecule has 1 N–H and O–H groups in total. The van der Waals surface area contributed by atoms with Crippen LogP contribution in [0.3, 0.4) is 0 Å². The number of carboxylic acids is 1. The summed E-state index contributed by atoms with van der Waals surface area (Å²) in [7, 11) is 0. The quantitative estimate of drug-likeness (QED) is 0.718. The van der Waals surface area contributed by atoms with Crippen molar-refractivity contribution in [3.63, 3.8) is 0 Å². The summed E-state index contributed by atoms with van der Waals surface area (Å²) in [5.74, 6) is -0.945. The number of benzene rings is 2. The van der Waals surface area contributed by atoms with Crippen LogP contribution in [0.15, 0.2) is 50.0 Å². The lowest BCUT2D eigenvalue weighted by atomic mass is 10.0. The number of nitrogens with zero attached hydrogens (tertiary/aromatic N) is 2. The monoisotopic (exact) mass is 320 g/mol. The maximum atomic E-state index is 11.6. The fraction of sp³-hybridized carbons (Fsp3) is 0. The Morgan fingerprint density at radius 3 is 2.70 bits per heavy atom. The first kappa shape index (κ1) is 13.4. The van der Waals surface area contributed by atoms with Crippen molar-refractivity contribution < 1.29 is 9.90 Å². The van der Waals surface area contributed by atoms with Gasteiger partial charge in [0.1, 0.15) is 0 Å². The zero-order valence-electron chi connectivity index (χ0n) is 9.98. The normalized spacial score (nSPS) is 10.8. The molecule has 0 bridgehead atoms. The van der Waals surface area contributed by atoms with E-state index in [1.54, 1.807) is 6.07 Å². The molecule has 0 aliphatic carbocycles. The van der Waals surface area contributed by atoms with Crippen LogP contribution < -0.4 is 0 Å². The van der Waals surface area contributed by atoms with Crippen LogP contribution in [-0.2, 0) is 0 Å². The summed E-state index contributed by atoms with van der Waals surface area (Å²) in [5.41, 5.74) is 0.295. The van der Waals surface area contributed by atoms with Crippen LogP contribution in [0.5, 0.6) is 0 Å². The predicted molar refractivity (Wildman–Crippen MR) is 82.2 cm³/mol. The van der Waals surface area contributed by atoms with Crippen LogP contribution in [0.1, 0.15) is 10.4 Å². The van der Waals surface area contributed by atoms with E-state index in [1.165, 1.54) is 23.1 Å². The zero-order chi connectivity index (χ0) is 14.1. The van der Waals surface area contributed by atoms with Gasteiger partial charge in [-0.15, -0.1) is 22.8 Å². The van der Waals surface area contributed by atoms with E-state index < -0.39 is 5.97 Å². The molecule has 0 saturated heterocycles. The number of fused-ring (bicyclic) bond motifs is 1. The van der Waals surface area contributed by atoms with Gasteiger partial charge in [-0.05, 0) is 16.8 Å². The van der Waals surface area contributed by atoms with E-state index in [2.05, 4.69) is 22.8 Å². The van der Waals surface area contributed by atoms with Crippen LogP contribution in [0.2, 0.25) is 0 Å². The van der Waals surface area contributed by atoms with E-state index in [4.69, 9.17) is 0 Å². The Balaban J connectivity index is 2.15. The Kier molecular flexibility index (Phi) is 3.64. The highest BCUT2D eigenvalue weighted by Crippen LogP contribution is 2.36. The number of aromatic nitrogens is 2. The van der Waals surface area contributed by atoms with E-state index in [0.29, 0.717) is 19.1 Å². The van der Waals surface area contributed by atoms with Crippen LogP contribution in [0.4, 0.5) is 0 Å². The second-order valence-electron chi connectivity index (χ2n) is 3.92. The highest BCUT2D eigenvalue weighted by Gasteiger charge is 2.16. The second kappa shape index (κ2) is 5.43. The summed E-state index contributed by atoms with van der Waals surface area (Å²) in [6, 6.07) is 11.1. The summed E-state index contributed by atoms with van der Waals surface area (Å²) in [6.07, 6.45) is 0. The minimum absolute atomic E-state index is 0.295. The van der Waals surface area contributed by atoms with Crippen molar-refractivity contribution in [1.82, 2.24) is 10.2 Å². The van der Waals surface area contributed by atoms with E-state index in [-0.39, 0.29) is 0 Å². The second-order valence-corrected chi connectivity index (χ2v) is 6.91. The van der Waals surface area contributed by atoms with Crippen LogP contribution in [0, 0.1) is 0 Å². The molecule has 2 aromatic carbocycles. The molecule has 0 amide bonds. The predicted octanol–water partition coefficient (Wildman–Crippen LogP) is 3.83. The average molecular weight is 320 g/mol. The number of aromatic carboxylic acids is 1. The minimum Gasteiger partial charge on any atom is -0.478 e. The number of hydrogen-bond acceptors (Lipinski definition) is 6. The fourth-order valence-electron chi connectivity index (χ4n) is 1.90. The van der Waals surface area contributed by atoms with E-state index in [1.807, 2.05) is 30.3 Å². The molecule has 0 fully saturated rings. The Morgan fingerprint density at radius 2 is 2.00 bits per heavy atom. The fourth-order valence-corrected chi connectivity index (χ4v) is 4.08. The largest absolute Gasteiger partial charge is 0.478 e. The Hall–Kier alpha value is -1.57. The van der Waals surface area contributed by atoms with Crippen molar-refractivity contribution in [3.8, 4) is 0 Å². The highest BCUT2D eigenvalue weighted by atomic mass is 32.2. The van der Waals surface area contributed by atoms with Gasteiger partial charge in [0.25, 0.3) is 0 Å². The van der Waals surface area contributed by atoms with Crippen LogP contribution in [-0.4, -0.2) is 21.3 Å². The minimum atomic E-state index is -0.945. The maximum absolute atomic E-state index is 11.6. The highest BCUT2D eigenvalue weighted by molar-refractivity contribution is 8.01. The first-order chi connectivity index (χ1) is 9.65. The molecule has 0 unspecified atom stereocenters. The lowest BCUT2D eigenvalue weighted by Gasteiger charge is -2.07. The smallest absolute Gasteiger partial charge is 0.337 e. The van der Waals surface area contributed by atoms with Crippen molar-refractivity contribution in [2.75, 3.05) is 0 Å². The van der Waals surface area contributed by atoms with Gasteiger partial charge in [-0.1, -0.05) is 53.4 Å². The van der Waals surface area contributed by atoms with Gasteiger partial charge in [0.15, 0.2) is 8.68 Å². The first-order valence-electron chi connectivity index (χ1n) is 5.60. The molecule has 0 atom stereocenters. The summed E-state index contributed by atoms with van der Waals surface area (Å²) >= 11 is 6.73. The van der Waals surface area contributed by atoms with Crippen molar-refractivity contribution >= 4 is 52.5 Å². The SMILES string of the molecule is O=C(O)c1c(Sc2nnc(S)s2)ccc2ccccc12. The molecule has 3 rings (SSSR count). The summed E-state index contributed by atoms with van der Waals surface area (Å²) < 4.78 is 1.23. The van der Waals surface area contributed by atoms with Gasteiger partial charge in [0, 0.05) is 4.90 Å².